The summed E-state index contributed by atoms with van der Waals surface area (Å²) in [7, 11) is 0. The molecule has 0 aliphatic carbocycles. The smallest absolute Gasteiger partial charge is 0.340 e. The zero-order valence-corrected chi connectivity index (χ0v) is 15.6. The molecule has 1 aromatic carbocycles. The SMILES string of the molecule is CCOC(=O)C(NC(=O)CCCNC(=O)c1ccc(F)cc1F)C(=O)OCC. The van der Waals surface area contributed by atoms with Crippen molar-refractivity contribution < 1.29 is 37.4 Å². The molecule has 0 heterocycles. The predicted octanol–water partition coefficient (Wildman–Crippen LogP) is 1.09. The molecule has 2 N–H and O–H groups in total. The van der Waals surface area contributed by atoms with Crippen molar-refractivity contribution in [2.45, 2.75) is 32.7 Å². The van der Waals surface area contributed by atoms with Crippen molar-refractivity contribution in [3.05, 3.63) is 35.4 Å². The summed E-state index contributed by atoms with van der Waals surface area (Å²) in [6.45, 7) is 3.17. The van der Waals surface area contributed by atoms with E-state index in [1.165, 1.54) is 0 Å². The zero-order chi connectivity index (χ0) is 21.1. The number of nitrogens with one attached hydrogen (secondary N) is 2. The van der Waals surface area contributed by atoms with Gasteiger partial charge in [-0.05, 0) is 32.4 Å². The van der Waals surface area contributed by atoms with Crippen molar-refractivity contribution in [3.8, 4) is 0 Å². The average Bonchev–Trinajstić information content (AvgIpc) is 2.63. The van der Waals surface area contributed by atoms with Gasteiger partial charge in [-0.2, -0.15) is 0 Å². The van der Waals surface area contributed by atoms with Gasteiger partial charge in [0.25, 0.3) is 5.91 Å². The Labute approximate surface area is 160 Å². The van der Waals surface area contributed by atoms with Gasteiger partial charge in [-0.3, -0.25) is 9.59 Å². The van der Waals surface area contributed by atoms with E-state index in [-0.39, 0.29) is 38.2 Å². The van der Waals surface area contributed by atoms with Gasteiger partial charge in [0, 0.05) is 19.0 Å². The standard InChI is InChI=1S/C18H22F2N2O6/c1-3-27-17(25)15(18(26)28-4-2)22-14(23)6-5-9-21-16(24)12-8-7-11(19)10-13(12)20/h7-8,10,15H,3-6,9H2,1-2H3,(H,21,24)(H,22,23). The van der Waals surface area contributed by atoms with Crippen molar-refractivity contribution in [1.29, 1.82) is 0 Å². The van der Waals surface area contributed by atoms with E-state index in [0.717, 1.165) is 12.1 Å². The minimum absolute atomic E-state index is 0.0204. The number of esters is 2. The molecule has 154 valence electrons. The summed E-state index contributed by atoms with van der Waals surface area (Å²) in [5.74, 6) is -5.06. The van der Waals surface area contributed by atoms with Crippen molar-refractivity contribution in [1.82, 2.24) is 10.6 Å². The second-order valence-corrected chi connectivity index (χ2v) is 5.49. The van der Waals surface area contributed by atoms with Crippen molar-refractivity contribution >= 4 is 23.8 Å². The van der Waals surface area contributed by atoms with Crippen LogP contribution in [0.4, 0.5) is 8.78 Å². The fourth-order valence-electron chi connectivity index (χ4n) is 2.12. The second kappa shape index (κ2) is 11.6. The van der Waals surface area contributed by atoms with Crippen LogP contribution >= 0.6 is 0 Å². The highest BCUT2D eigenvalue weighted by molar-refractivity contribution is 6.02. The number of amides is 2. The number of hydrogen-bond acceptors (Lipinski definition) is 6. The monoisotopic (exact) mass is 400 g/mol. The molecule has 10 heteroatoms. The van der Waals surface area contributed by atoms with Crippen molar-refractivity contribution in [3.63, 3.8) is 0 Å². The Hall–Kier alpha value is -3.04. The van der Waals surface area contributed by atoms with Crippen LogP contribution in [0.1, 0.15) is 37.0 Å². The van der Waals surface area contributed by atoms with Crippen LogP contribution in [0.25, 0.3) is 0 Å². The largest absolute Gasteiger partial charge is 0.464 e. The molecule has 1 aromatic rings. The van der Waals surface area contributed by atoms with E-state index in [9.17, 15) is 28.0 Å². The fourth-order valence-corrected chi connectivity index (χ4v) is 2.12. The summed E-state index contributed by atoms with van der Waals surface area (Å²) in [6.07, 6.45) is 0.0280. The third-order valence-corrected chi connectivity index (χ3v) is 3.39. The number of benzene rings is 1. The molecule has 0 aliphatic heterocycles. The topological polar surface area (TPSA) is 111 Å². The van der Waals surface area contributed by atoms with Gasteiger partial charge in [-0.25, -0.2) is 18.4 Å². The molecule has 1 rings (SSSR count). The first-order chi connectivity index (χ1) is 13.3. The first-order valence-corrected chi connectivity index (χ1v) is 8.66. The molecule has 0 saturated heterocycles. The van der Waals surface area contributed by atoms with Gasteiger partial charge in [-0.1, -0.05) is 0 Å². The average molecular weight is 400 g/mol. The van der Waals surface area contributed by atoms with E-state index < -0.39 is 41.4 Å². The highest BCUT2D eigenvalue weighted by Crippen LogP contribution is 2.09. The van der Waals surface area contributed by atoms with Crippen LogP contribution in [0, 0.1) is 11.6 Å². The van der Waals surface area contributed by atoms with E-state index in [0.29, 0.717) is 6.07 Å². The van der Waals surface area contributed by atoms with Gasteiger partial charge in [0.2, 0.25) is 11.9 Å². The maximum atomic E-state index is 13.5. The third kappa shape index (κ3) is 7.29. The Bertz CT molecular complexity index is 708. The molecular formula is C18H22F2N2O6. The molecule has 0 unspecified atom stereocenters. The van der Waals surface area contributed by atoms with E-state index in [2.05, 4.69) is 10.6 Å². The highest BCUT2D eigenvalue weighted by atomic mass is 19.1. The van der Waals surface area contributed by atoms with Crippen LogP contribution in [0.15, 0.2) is 18.2 Å². The zero-order valence-electron chi connectivity index (χ0n) is 15.6. The molecular weight excluding hydrogens is 378 g/mol. The molecule has 0 spiro atoms. The number of carbonyl (C=O) groups is 4. The Morgan fingerprint density at radius 3 is 2.18 bits per heavy atom. The summed E-state index contributed by atoms with van der Waals surface area (Å²) in [6, 6.07) is 0.981. The second-order valence-electron chi connectivity index (χ2n) is 5.49. The Kier molecular flexibility index (Phi) is 9.55. The summed E-state index contributed by atoms with van der Waals surface area (Å²) in [5.41, 5.74) is -0.324. The molecule has 28 heavy (non-hydrogen) atoms. The van der Waals surface area contributed by atoms with Gasteiger partial charge in [-0.15, -0.1) is 0 Å². The highest BCUT2D eigenvalue weighted by Gasteiger charge is 2.31. The first kappa shape index (κ1) is 23.0. The van der Waals surface area contributed by atoms with Gasteiger partial charge < -0.3 is 20.1 Å². The molecule has 0 radical (unpaired) electrons. The van der Waals surface area contributed by atoms with Crippen molar-refractivity contribution in [2.75, 3.05) is 19.8 Å². The van der Waals surface area contributed by atoms with Gasteiger partial charge in [0.1, 0.15) is 11.6 Å². The number of ether oxygens (including phenoxy) is 2. The molecule has 8 nitrogen and oxygen atoms in total. The number of carbonyl (C=O) groups excluding carboxylic acids is 4. The Morgan fingerprint density at radius 1 is 1.04 bits per heavy atom. The van der Waals surface area contributed by atoms with E-state index >= 15 is 0 Å². The van der Waals surface area contributed by atoms with E-state index in [4.69, 9.17) is 9.47 Å². The Balaban J connectivity index is 2.48. The summed E-state index contributed by atoms with van der Waals surface area (Å²) >= 11 is 0. The molecule has 2 amide bonds. The summed E-state index contributed by atoms with van der Waals surface area (Å²) in [5, 5.41) is 4.61. The summed E-state index contributed by atoms with van der Waals surface area (Å²) < 4.78 is 35.8. The van der Waals surface area contributed by atoms with Crippen LogP contribution < -0.4 is 10.6 Å². The Morgan fingerprint density at radius 2 is 1.64 bits per heavy atom. The maximum absolute atomic E-state index is 13.5. The van der Waals surface area contributed by atoms with Gasteiger partial charge in [0.05, 0.1) is 18.8 Å². The fraction of sp³-hybridized carbons (Fsp3) is 0.444. The molecule has 0 fully saturated rings. The maximum Gasteiger partial charge on any atom is 0.340 e. The van der Waals surface area contributed by atoms with Crippen LogP contribution in [-0.2, 0) is 23.9 Å². The van der Waals surface area contributed by atoms with E-state index in [1.54, 1.807) is 13.8 Å². The lowest BCUT2D eigenvalue weighted by Crippen LogP contribution is -2.48. The lowest BCUT2D eigenvalue weighted by atomic mass is 10.2. The molecule has 0 bridgehead atoms. The molecule has 0 aromatic heterocycles. The third-order valence-electron chi connectivity index (χ3n) is 3.39. The molecule has 0 saturated carbocycles. The molecule has 0 atom stereocenters. The number of hydrogen-bond donors (Lipinski definition) is 2. The van der Waals surface area contributed by atoms with Gasteiger partial charge in [0.15, 0.2) is 0 Å². The van der Waals surface area contributed by atoms with Crippen LogP contribution in [0.5, 0.6) is 0 Å². The van der Waals surface area contributed by atoms with Gasteiger partial charge >= 0.3 is 11.9 Å². The normalized spacial score (nSPS) is 10.3. The lowest BCUT2D eigenvalue weighted by Gasteiger charge is -2.15. The number of rotatable bonds is 10. The molecule has 0 aliphatic rings. The van der Waals surface area contributed by atoms with Crippen molar-refractivity contribution in [2.24, 2.45) is 0 Å². The number of halogens is 2. The summed E-state index contributed by atoms with van der Waals surface area (Å²) in [4.78, 5) is 47.3. The predicted molar refractivity (Wildman–Crippen MR) is 93.1 cm³/mol. The van der Waals surface area contributed by atoms with Crippen LogP contribution in [-0.4, -0.2) is 49.6 Å². The van der Waals surface area contributed by atoms with Crippen LogP contribution in [0.3, 0.4) is 0 Å². The minimum atomic E-state index is -1.57. The minimum Gasteiger partial charge on any atom is -0.464 e. The quantitative estimate of drug-likeness (QED) is 0.346. The first-order valence-electron chi connectivity index (χ1n) is 8.66. The van der Waals surface area contributed by atoms with E-state index in [1.807, 2.05) is 0 Å². The lowest BCUT2D eigenvalue weighted by molar-refractivity contribution is -0.159. The van der Waals surface area contributed by atoms with Crippen LogP contribution in [0.2, 0.25) is 0 Å².